The lowest BCUT2D eigenvalue weighted by atomic mass is 9.90. The molecule has 5 amide bonds. The first-order valence-electron chi connectivity index (χ1n) is 14.8. The number of carbonyl (C=O) groups excluding carboxylic acids is 4. The fourth-order valence-corrected chi connectivity index (χ4v) is 5.07. The molecule has 0 saturated carbocycles. The number of morpholine rings is 1. The lowest BCUT2D eigenvalue weighted by molar-refractivity contribution is -0.159. The molecule has 1 fully saturated rings. The second kappa shape index (κ2) is 13.6. The molecule has 2 heterocycles. The number of ether oxygens (including phenoxy) is 3. The molecule has 47 heavy (non-hydrogen) atoms. The zero-order valence-corrected chi connectivity index (χ0v) is 26.5. The van der Waals surface area contributed by atoms with Crippen LogP contribution in [0.2, 0.25) is 0 Å². The third kappa shape index (κ3) is 9.24. The fraction of sp³-hybridized carbons (Fsp3) is 0.484. The van der Waals surface area contributed by atoms with Crippen LogP contribution in [0.3, 0.4) is 0 Å². The Balaban J connectivity index is 1.70. The number of hydrogen-bond donors (Lipinski definition) is 3. The molecule has 12 nitrogen and oxygen atoms in total. The van der Waals surface area contributed by atoms with Crippen LogP contribution in [-0.2, 0) is 26.5 Å². The van der Waals surface area contributed by atoms with Crippen molar-refractivity contribution in [2.45, 2.75) is 71.0 Å². The first-order chi connectivity index (χ1) is 21.8. The summed E-state index contributed by atoms with van der Waals surface area (Å²) in [4.78, 5) is 54.6. The van der Waals surface area contributed by atoms with E-state index in [1.807, 2.05) is 0 Å². The van der Waals surface area contributed by atoms with Crippen molar-refractivity contribution in [2.24, 2.45) is 0 Å². The van der Waals surface area contributed by atoms with E-state index in [4.69, 9.17) is 9.47 Å². The van der Waals surface area contributed by atoms with Crippen LogP contribution >= 0.6 is 0 Å². The third-order valence-electron chi connectivity index (χ3n) is 7.17. The number of nitrogens with one attached hydrogen (secondary N) is 3. The second-order valence-electron chi connectivity index (χ2n) is 12.4. The van der Waals surface area contributed by atoms with Gasteiger partial charge in [-0.05, 0) is 57.5 Å². The number of carbonyl (C=O) groups is 4. The molecule has 2 aromatic rings. The highest BCUT2D eigenvalue weighted by Gasteiger charge is 2.44. The molecule has 1 unspecified atom stereocenters. The van der Waals surface area contributed by atoms with E-state index in [-0.39, 0.29) is 36.6 Å². The largest absolute Gasteiger partial charge is 0.444 e. The number of anilines is 1. The number of urea groups is 1. The lowest BCUT2D eigenvalue weighted by Gasteiger charge is -2.28. The summed E-state index contributed by atoms with van der Waals surface area (Å²) >= 11 is 0. The van der Waals surface area contributed by atoms with Gasteiger partial charge in [0, 0.05) is 32.0 Å². The predicted octanol–water partition coefficient (Wildman–Crippen LogP) is 4.52. The number of benzene rings is 2. The molecule has 2 aliphatic rings. The number of alkyl halides is 3. The summed E-state index contributed by atoms with van der Waals surface area (Å²) in [5.41, 5.74) is 0.229. The standard InChI is InChI=1S/C31H37F4N5O7/c1-29(2,3)47-28(44)36-23-16-30(4,33)21-15-22(32)20(25(41)37-38-27(43)39-10-12-45-13-11-39)14-24(21)40(26(23)42)17-18-6-8-19(9-7-18)46-31(5,34)35/h6-9,14-15,23H,10-13,16-17H2,1-5H3,(H,36,44)(H,37,41)(H,38,43)/t23?,30-/m1/s1. The van der Waals surface area contributed by atoms with Crippen molar-refractivity contribution < 1.29 is 51.0 Å². The molecule has 16 heteroatoms. The van der Waals surface area contributed by atoms with Crippen LogP contribution in [0.25, 0.3) is 0 Å². The van der Waals surface area contributed by atoms with Crippen molar-refractivity contribution in [3.05, 3.63) is 58.9 Å². The Hall–Kier alpha value is -4.60. The van der Waals surface area contributed by atoms with E-state index in [0.29, 0.717) is 25.7 Å². The minimum Gasteiger partial charge on any atom is -0.444 e. The zero-order chi connectivity index (χ0) is 34.7. The van der Waals surface area contributed by atoms with Crippen molar-refractivity contribution in [3.8, 4) is 5.75 Å². The number of nitrogens with zero attached hydrogens (tertiary/aromatic N) is 2. The number of alkyl carbamates (subject to hydrolysis) is 1. The topological polar surface area (TPSA) is 139 Å². The molecule has 1 saturated heterocycles. The van der Waals surface area contributed by atoms with Crippen LogP contribution in [-0.4, -0.2) is 72.9 Å². The molecular formula is C31H37F4N5O7. The molecule has 0 bridgehead atoms. The summed E-state index contributed by atoms with van der Waals surface area (Å²) in [6.45, 7) is 7.31. The third-order valence-corrected chi connectivity index (χ3v) is 7.17. The van der Waals surface area contributed by atoms with Crippen LogP contribution in [0.1, 0.15) is 62.5 Å². The SMILES string of the molecule is CC(C)(C)OC(=O)NC1C[C@@](C)(F)c2cc(F)c(C(=O)NNC(=O)N3CCOCC3)cc2N(Cc2ccc(OC(C)(F)F)cc2)C1=O. The van der Waals surface area contributed by atoms with Gasteiger partial charge in [-0.15, -0.1) is 0 Å². The van der Waals surface area contributed by atoms with Gasteiger partial charge in [-0.2, -0.15) is 8.78 Å². The normalized spacial score (nSPS) is 20.1. The first-order valence-corrected chi connectivity index (χ1v) is 14.8. The van der Waals surface area contributed by atoms with Gasteiger partial charge in [0.1, 0.15) is 28.9 Å². The van der Waals surface area contributed by atoms with Gasteiger partial charge in [-0.1, -0.05) is 12.1 Å². The summed E-state index contributed by atoms with van der Waals surface area (Å²) in [7, 11) is 0. The van der Waals surface area contributed by atoms with Gasteiger partial charge in [0.05, 0.1) is 31.0 Å². The molecule has 4 rings (SSSR count). The number of amides is 5. The average molecular weight is 668 g/mol. The highest BCUT2D eigenvalue weighted by molar-refractivity contribution is 6.03. The second-order valence-corrected chi connectivity index (χ2v) is 12.4. The monoisotopic (exact) mass is 667 g/mol. The van der Waals surface area contributed by atoms with Crippen molar-refractivity contribution in [1.29, 1.82) is 0 Å². The molecule has 0 aliphatic carbocycles. The van der Waals surface area contributed by atoms with Gasteiger partial charge in [-0.3, -0.25) is 15.0 Å². The van der Waals surface area contributed by atoms with Gasteiger partial charge in [0.25, 0.3) is 5.91 Å². The maximum Gasteiger partial charge on any atom is 0.408 e. The van der Waals surface area contributed by atoms with E-state index in [2.05, 4.69) is 20.9 Å². The predicted molar refractivity (Wildman–Crippen MR) is 160 cm³/mol. The van der Waals surface area contributed by atoms with E-state index in [1.54, 1.807) is 20.8 Å². The van der Waals surface area contributed by atoms with E-state index >= 15 is 8.78 Å². The quantitative estimate of drug-likeness (QED) is 0.304. The van der Waals surface area contributed by atoms with Crippen LogP contribution < -0.4 is 25.8 Å². The van der Waals surface area contributed by atoms with E-state index < -0.39 is 65.2 Å². The van der Waals surface area contributed by atoms with Crippen molar-refractivity contribution in [3.63, 3.8) is 0 Å². The Labute approximate surface area is 268 Å². The first kappa shape index (κ1) is 35.3. The fourth-order valence-electron chi connectivity index (χ4n) is 5.07. The van der Waals surface area contributed by atoms with Gasteiger partial charge in [0.15, 0.2) is 0 Å². The minimum atomic E-state index is -3.45. The summed E-state index contributed by atoms with van der Waals surface area (Å²) in [6, 6.07) is 4.87. The average Bonchev–Trinajstić information content (AvgIpc) is 3.03. The molecule has 2 aliphatic heterocycles. The Morgan fingerprint density at radius 1 is 1.04 bits per heavy atom. The van der Waals surface area contributed by atoms with Gasteiger partial charge in [0.2, 0.25) is 5.91 Å². The van der Waals surface area contributed by atoms with Gasteiger partial charge in [-0.25, -0.2) is 23.8 Å². The highest BCUT2D eigenvalue weighted by Crippen LogP contribution is 2.42. The van der Waals surface area contributed by atoms with Crippen LogP contribution in [0, 0.1) is 5.82 Å². The Morgan fingerprint density at radius 2 is 1.68 bits per heavy atom. The van der Waals surface area contributed by atoms with Crippen LogP contribution in [0.5, 0.6) is 5.75 Å². The highest BCUT2D eigenvalue weighted by atomic mass is 19.3. The number of hydrogen-bond acceptors (Lipinski definition) is 7. The van der Waals surface area contributed by atoms with E-state index in [1.165, 1.54) is 29.2 Å². The smallest absolute Gasteiger partial charge is 0.408 e. The van der Waals surface area contributed by atoms with Crippen LogP contribution in [0.15, 0.2) is 36.4 Å². The molecule has 256 valence electrons. The molecule has 2 atom stereocenters. The minimum absolute atomic E-state index is 0.162. The molecule has 2 aromatic carbocycles. The Bertz CT molecular complexity index is 1500. The van der Waals surface area contributed by atoms with Crippen molar-refractivity contribution in [1.82, 2.24) is 21.1 Å². The van der Waals surface area contributed by atoms with Gasteiger partial charge >= 0.3 is 18.2 Å². The summed E-state index contributed by atoms with van der Waals surface area (Å²) in [6.07, 6.45) is -5.06. The number of rotatable bonds is 6. The van der Waals surface area contributed by atoms with Gasteiger partial charge < -0.3 is 29.3 Å². The van der Waals surface area contributed by atoms with E-state index in [0.717, 1.165) is 24.0 Å². The molecule has 0 radical (unpaired) electrons. The van der Waals surface area contributed by atoms with E-state index in [9.17, 15) is 28.0 Å². The summed E-state index contributed by atoms with van der Waals surface area (Å²) in [5, 5.41) is 2.39. The Kier molecular flexibility index (Phi) is 10.2. The summed E-state index contributed by atoms with van der Waals surface area (Å²) < 4.78 is 73.6. The van der Waals surface area contributed by atoms with Crippen LogP contribution in [0.4, 0.5) is 32.8 Å². The lowest BCUT2D eigenvalue weighted by Crippen LogP contribution is -2.52. The zero-order valence-electron chi connectivity index (χ0n) is 26.5. The Morgan fingerprint density at radius 3 is 2.28 bits per heavy atom. The number of halogens is 4. The molecule has 0 spiro atoms. The maximum atomic E-state index is 16.4. The molecule has 0 aromatic heterocycles. The number of hydrazine groups is 1. The van der Waals surface area contributed by atoms with Crippen molar-refractivity contribution in [2.75, 3.05) is 31.2 Å². The maximum absolute atomic E-state index is 16.4. The van der Waals surface area contributed by atoms with Crippen molar-refractivity contribution >= 4 is 29.6 Å². The summed E-state index contributed by atoms with van der Waals surface area (Å²) in [5.74, 6) is -3.21. The number of fused-ring (bicyclic) bond motifs is 1. The molecule has 3 N–H and O–H groups in total. The molecular weight excluding hydrogens is 630 g/mol.